The monoisotopic (exact) mass is 276 g/mol. The first-order valence-electron chi connectivity index (χ1n) is 6.97. The van der Waals surface area contributed by atoms with Crippen molar-refractivity contribution in [2.45, 2.75) is 32.6 Å². The van der Waals surface area contributed by atoms with E-state index >= 15 is 0 Å². The topological polar surface area (TPSA) is 70.5 Å². The van der Waals surface area contributed by atoms with Gasteiger partial charge in [-0.2, -0.15) is 0 Å². The molecule has 1 aliphatic heterocycles. The van der Waals surface area contributed by atoms with Crippen LogP contribution in [0.5, 0.6) is 0 Å². The SMILES string of the molecule is CC(C)C(=O)N1CCC(c2ccc(C(=O)O)nc2)CC1. The van der Waals surface area contributed by atoms with E-state index in [1.165, 1.54) is 0 Å². The molecule has 5 heteroatoms. The number of aromatic carboxylic acids is 1. The molecule has 2 rings (SSSR count). The van der Waals surface area contributed by atoms with Crippen LogP contribution < -0.4 is 0 Å². The average Bonchev–Trinajstić information content (AvgIpc) is 2.46. The molecule has 108 valence electrons. The van der Waals surface area contributed by atoms with Gasteiger partial charge in [-0.1, -0.05) is 19.9 Å². The van der Waals surface area contributed by atoms with Gasteiger partial charge in [0.05, 0.1) is 0 Å². The highest BCUT2D eigenvalue weighted by molar-refractivity contribution is 5.85. The molecule has 1 saturated heterocycles. The number of hydrogen-bond donors (Lipinski definition) is 1. The van der Waals surface area contributed by atoms with Gasteiger partial charge in [-0.05, 0) is 30.4 Å². The predicted molar refractivity (Wildman–Crippen MR) is 74.6 cm³/mol. The van der Waals surface area contributed by atoms with Gasteiger partial charge in [-0.25, -0.2) is 9.78 Å². The van der Waals surface area contributed by atoms with Crippen LogP contribution in [0.25, 0.3) is 0 Å². The number of carbonyl (C=O) groups excluding carboxylic acids is 1. The molecule has 20 heavy (non-hydrogen) atoms. The minimum atomic E-state index is -1.01. The van der Waals surface area contributed by atoms with Crippen LogP contribution in [0.1, 0.15) is 48.7 Å². The van der Waals surface area contributed by atoms with E-state index in [9.17, 15) is 9.59 Å². The number of piperidine rings is 1. The second-order valence-electron chi connectivity index (χ2n) is 5.54. The van der Waals surface area contributed by atoms with Gasteiger partial charge < -0.3 is 10.0 Å². The maximum absolute atomic E-state index is 11.9. The highest BCUT2D eigenvalue weighted by atomic mass is 16.4. The van der Waals surface area contributed by atoms with E-state index in [2.05, 4.69) is 4.98 Å². The highest BCUT2D eigenvalue weighted by Crippen LogP contribution is 2.28. The van der Waals surface area contributed by atoms with Crippen LogP contribution in [0, 0.1) is 5.92 Å². The van der Waals surface area contributed by atoms with Gasteiger partial charge in [0, 0.05) is 25.2 Å². The molecule has 2 heterocycles. The fourth-order valence-corrected chi connectivity index (χ4v) is 2.57. The van der Waals surface area contributed by atoms with E-state index in [0.717, 1.165) is 31.5 Å². The van der Waals surface area contributed by atoms with Crippen molar-refractivity contribution >= 4 is 11.9 Å². The summed E-state index contributed by atoms with van der Waals surface area (Å²) in [6.07, 6.45) is 3.47. The Morgan fingerprint density at radius 2 is 1.95 bits per heavy atom. The third-order valence-electron chi connectivity index (χ3n) is 3.78. The minimum Gasteiger partial charge on any atom is -0.477 e. The lowest BCUT2D eigenvalue weighted by Gasteiger charge is -2.33. The number of likely N-dealkylation sites (tertiary alicyclic amines) is 1. The van der Waals surface area contributed by atoms with Gasteiger partial charge >= 0.3 is 5.97 Å². The molecule has 0 bridgehead atoms. The zero-order chi connectivity index (χ0) is 14.7. The van der Waals surface area contributed by atoms with Crippen LogP contribution >= 0.6 is 0 Å². The molecule has 0 saturated carbocycles. The van der Waals surface area contributed by atoms with Crippen LogP contribution in [-0.2, 0) is 4.79 Å². The molecule has 0 spiro atoms. The molecule has 1 N–H and O–H groups in total. The second-order valence-corrected chi connectivity index (χ2v) is 5.54. The summed E-state index contributed by atoms with van der Waals surface area (Å²) in [5.74, 6) is -0.388. The highest BCUT2D eigenvalue weighted by Gasteiger charge is 2.25. The zero-order valence-electron chi connectivity index (χ0n) is 11.9. The predicted octanol–water partition coefficient (Wildman–Crippen LogP) is 2.14. The third kappa shape index (κ3) is 3.15. The number of hydrogen-bond acceptors (Lipinski definition) is 3. The van der Waals surface area contributed by atoms with Crippen molar-refractivity contribution in [2.24, 2.45) is 5.92 Å². The lowest BCUT2D eigenvalue weighted by atomic mass is 9.90. The summed E-state index contributed by atoms with van der Waals surface area (Å²) in [6.45, 7) is 5.37. The van der Waals surface area contributed by atoms with Gasteiger partial charge in [0.2, 0.25) is 5.91 Å². The van der Waals surface area contributed by atoms with Gasteiger partial charge in [-0.3, -0.25) is 4.79 Å². The Kier molecular flexibility index (Phi) is 4.37. The van der Waals surface area contributed by atoms with Crippen LogP contribution in [0.3, 0.4) is 0 Å². The van der Waals surface area contributed by atoms with Crippen LogP contribution in [0.2, 0.25) is 0 Å². The maximum Gasteiger partial charge on any atom is 0.354 e. The van der Waals surface area contributed by atoms with Crippen molar-refractivity contribution in [3.63, 3.8) is 0 Å². The van der Waals surface area contributed by atoms with Gasteiger partial charge in [0.15, 0.2) is 0 Å². The van der Waals surface area contributed by atoms with E-state index in [4.69, 9.17) is 5.11 Å². The number of aromatic nitrogens is 1. The Balaban J connectivity index is 1.97. The number of rotatable bonds is 3. The van der Waals surface area contributed by atoms with E-state index in [1.54, 1.807) is 12.3 Å². The first kappa shape index (κ1) is 14.5. The third-order valence-corrected chi connectivity index (χ3v) is 3.78. The van der Waals surface area contributed by atoms with Crippen molar-refractivity contribution in [1.82, 2.24) is 9.88 Å². The lowest BCUT2D eigenvalue weighted by molar-refractivity contribution is -0.135. The van der Waals surface area contributed by atoms with Crippen LogP contribution in [0.4, 0.5) is 0 Å². The fourth-order valence-electron chi connectivity index (χ4n) is 2.57. The van der Waals surface area contributed by atoms with Gasteiger partial charge in [0.25, 0.3) is 0 Å². The molecule has 0 atom stereocenters. The number of carboxylic acids is 1. The molecule has 0 unspecified atom stereocenters. The molecule has 0 radical (unpaired) electrons. The molecule has 1 aromatic rings. The van der Waals surface area contributed by atoms with Crippen molar-refractivity contribution in [2.75, 3.05) is 13.1 Å². The first-order valence-corrected chi connectivity index (χ1v) is 6.97. The molecular weight excluding hydrogens is 256 g/mol. The van der Waals surface area contributed by atoms with Crippen molar-refractivity contribution in [1.29, 1.82) is 0 Å². The molecule has 0 aromatic carbocycles. The van der Waals surface area contributed by atoms with E-state index in [0.29, 0.717) is 5.92 Å². The standard InChI is InChI=1S/C15H20N2O3/c1-10(2)14(18)17-7-5-11(6-8-17)12-3-4-13(15(19)20)16-9-12/h3-4,9-11H,5-8H2,1-2H3,(H,19,20). The molecule has 1 amide bonds. The van der Waals surface area contributed by atoms with Crippen molar-refractivity contribution < 1.29 is 14.7 Å². The molecular formula is C15H20N2O3. The molecule has 0 aliphatic carbocycles. The van der Waals surface area contributed by atoms with Gasteiger partial charge in [-0.15, -0.1) is 0 Å². The normalized spacial score (nSPS) is 16.4. The summed E-state index contributed by atoms with van der Waals surface area (Å²) < 4.78 is 0. The number of nitrogens with zero attached hydrogens (tertiary/aromatic N) is 2. The van der Waals surface area contributed by atoms with Crippen molar-refractivity contribution in [3.05, 3.63) is 29.6 Å². The average molecular weight is 276 g/mol. The molecule has 1 fully saturated rings. The summed E-state index contributed by atoms with van der Waals surface area (Å²) in [5, 5.41) is 8.83. The Hall–Kier alpha value is -1.91. The van der Waals surface area contributed by atoms with Crippen molar-refractivity contribution in [3.8, 4) is 0 Å². The Morgan fingerprint density at radius 3 is 2.40 bits per heavy atom. The zero-order valence-corrected chi connectivity index (χ0v) is 11.9. The number of carboxylic acid groups (broad SMARTS) is 1. The maximum atomic E-state index is 11.9. The van der Waals surface area contributed by atoms with Gasteiger partial charge in [0.1, 0.15) is 5.69 Å². The summed E-state index contributed by atoms with van der Waals surface area (Å²) in [6, 6.07) is 3.38. The number of pyridine rings is 1. The fraction of sp³-hybridized carbons (Fsp3) is 0.533. The Bertz CT molecular complexity index is 488. The summed E-state index contributed by atoms with van der Waals surface area (Å²) in [4.78, 5) is 28.5. The smallest absolute Gasteiger partial charge is 0.354 e. The molecule has 5 nitrogen and oxygen atoms in total. The lowest BCUT2D eigenvalue weighted by Crippen LogP contribution is -2.40. The van der Waals surface area contributed by atoms with E-state index < -0.39 is 5.97 Å². The molecule has 1 aliphatic rings. The quantitative estimate of drug-likeness (QED) is 0.918. The van der Waals surface area contributed by atoms with E-state index in [1.807, 2.05) is 24.8 Å². The second kappa shape index (κ2) is 6.03. The Labute approximate surface area is 118 Å². The largest absolute Gasteiger partial charge is 0.477 e. The number of amides is 1. The van der Waals surface area contributed by atoms with Crippen LogP contribution in [-0.4, -0.2) is 40.0 Å². The van der Waals surface area contributed by atoms with E-state index in [-0.39, 0.29) is 17.5 Å². The molecule has 1 aromatic heterocycles. The number of carbonyl (C=O) groups is 2. The minimum absolute atomic E-state index is 0.0445. The first-order chi connectivity index (χ1) is 9.49. The summed E-state index contributed by atoms with van der Waals surface area (Å²) >= 11 is 0. The van der Waals surface area contributed by atoms with Crippen LogP contribution in [0.15, 0.2) is 18.3 Å². The summed E-state index contributed by atoms with van der Waals surface area (Å²) in [5.41, 5.74) is 1.13. The Morgan fingerprint density at radius 1 is 1.30 bits per heavy atom. The summed E-state index contributed by atoms with van der Waals surface area (Å²) in [7, 11) is 0.